The Labute approximate surface area is 113 Å². The van der Waals surface area contributed by atoms with Gasteiger partial charge in [-0.25, -0.2) is 0 Å². The topological polar surface area (TPSA) is 3.24 Å². The van der Waals surface area contributed by atoms with E-state index in [-0.39, 0.29) is 0 Å². The fourth-order valence-corrected chi connectivity index (χ4v) is 3.29. The van der Waals surface area contributed by atoms with Crippen molar-refractivity contribution >= 4 is 21.6 Å². The van der Waals surface area contributed by atoms with E-state index >= 15 is 0 Å². The minimum Gasteiger partial charge on any atom is -0.342 e. The molecular formula is C15H20BrN. The highest BCUT2D eigenvalue weighted by Crippen LogP contribution is 2.33. The van der Waals surface area contributed by atoms with Gasteiger partial charge in [-0.1, -0.05) is 39.7 Å². The predicted molar refractivity (Wildman–Crippen MR) is 78.9 cm³/mol. The summed E-state index contributed by atoms with van der Waals surface area (Å²) in [6.07, 6.45) is 2.32. The van der Waals surface area contributed by atoms with Crippen molar-refractivity contribution < 1.29 is 0 Å². The van der Waals surface area contributed by atoms with Gasteiger partial charge >= 0.3 is 0 Å². The maximum atomic E-state index is 3.65. The minimum atomic E-state index is 0.497. The van der Waals surface area contributed by atoms with Crippen molar-refractivity contribution in [2.24, 2.45) is 0 Å². The molecule has 0 fully saturated rings. The Morgan fingerprint density at radius 1 is 1.24 bits per heavy atom. The number of alkyl halides is 1. The number of halogens is 1. The second kappa shape index (κ2) is 5.26. The molecule has 0 unspecified atom stereocenters. The van der Waals surface area contributed by atoms with E-state index in [9.17, 15) is 0 Å². The predicted octanol–water partition coefficient (Wildman–Crippen LogP) is 4.52. The SMILES string of the molecule is CC1=C(CBr)N(C(C)C)c2ccccc2CC1. The number of para-hydroxylation sites is 1. The van der Waals surface area contributed by atoms with Crippen LogP contribution in [0.4, 0.5) is 5.69 Å². The molecule has 0 radical (unpaired) electrons. The van der Waals surface area contributed by atoms with E-state index in [1.54, 1.807) is 0 Å². The zero-order chi connectivity index (χ0) is 12.4. The number of hydrogen-bond acceptors (Lipinski definition) is 1. The molecule has 1 aromatic rings. The Morgan fingerprint density at radius 2 is 1.94 bits per heavy atom. The van der Waals surface area contributed by atoms with Gasteiger partial charge in [-0.2, -0.15) is 0 Å². The summed E-state index contributed by atoms with van der Waals surface area (Å²) in [4.78, 5) is 2.48. The van der Waals surface area contributed by atoms with Crippen LogP contribution in [0.3, 0.4) is 0 Å². The lowest BCUT2D eigenvalue weighted by atomic mass is 10.1. The highest BCUT2D eigenvalue weighted by atomic mass is 79.9. The Morgan fingerprint density at radius 3 is 2.59 bits per heavy atom. The standard InChI is InChI=1S/C15H20BrN/c1-11(2)17-14-7-5-4-6-13(14)9-8-12(3)15(17)10-16/h4-7,11H,8-10H2,1-3H3. The van der Waals surface area contributed by atoms with Crippen molar-refractivity contribution in [3.8, 4) is 0 Å². The maximum absolute atomic E-state index is 3.65. The van der Waals surface area contributed by atoms with E-state index in [1.165, 1.54) is 28.9 Å². The van der Waals surface area contributed by atoms with Gasteiger partial charge in [0, 0.05) is 22.8 Å². The molecule has 0 aromatic heterocycles. The number of rotatable bonds is 2. The average molecular weight is 294 g/mol. The number of allylic oxidation sites excluding steroid dienone is 2. The lowest BCUT2D eigenvalue weighted by Gasteiger charge is -2.32. The maximum Gasteiger partial charge on any atom is 0.0443 e. The third-order valence-electron chi connectivity index (χ3n) is 3.45. The smallest absolute Gasteiger partial charge is 0.0443 e. The first kappa shape index (κ1) is 12.7. The molecule has 0 saturated carbocycles. The third-order valence-corrected chi connectivity index (χ3v) is 3.98. The molecular weight excluding hydrogens is 274 g/mol. The summed E-state index contributed by atoms with van der Waals surface area (Å²) >= 11 is 3.65. The van der Waals surface area contributed by atoms with Crippen LogP contribution in [-0.2, 0) is 6.42 Å². The fraction of sp³-hybridized carbons (Fsp3) is 0.467. The van der Waals surface area contributed by atoms with Crippen molar-refractivity contribution in [2.45, 2.75) is 39.7 Å². The number of nitrogens with zero attached hydrogens (tertiary/aromatic N) is 1. The second-order valence-electron chi connectivity index (χ2n) is 4.95. The fourth-order valence-electron chi connectivity index (χ4n) is 2.54. The first-order chi connectivity index (χ1) is 8.15. The van der Waals surface area contributed by atoms with Gasteiger partial charge in [-0.05, 0) is 45.2 Å². The number of aryl methyl sites for hydroxylation is 1. The summed E-state index contributed by atoms with van der Waals surface area (Å²) in [7, 11) is 0. The van der Waals surface area contributed by atoms with Gasteiger partial charge in [0.2, 0.25) is 0 Å². The molecule has 92 valence electrons. The number of anilines is 1. The van der Waals surface area contributed by atoms with Crippen molar-refractivity contribution in [1.29, 1.82) is 0 Å². The molecule has 0 saturated heterocycles. The summed E-state index contributed by atoms with van der Waals surface area (Å²) in [6.45, 7) is 6.79. The highest BCUT2D eigenvalue weighted by Gasteiger charge is 2.22. The lowest BCUT2D eigenvalue weighted by molar-refractivity contribution is 0.750. The van der Waals surface area contributed by atoms with Crippen LogP contribution in [0.2, 0.25) is 0 Å². The third kappa shape index (κ3) is 2.42. The Bertz CT molecular complexity index is 434. The van der Waals surface area contributed by atoms with Crippen LogP contribution >= 0.6 is 15.9 Å². The molecule has 0 bridgehead atoms. The molecule has 2 heteroatoms. The molecule has 1 aliphatic rings. The quantitative estimate of drug-likeness (QED) is 0.725. The largest absolute Gasteiger partial charge is 0.342 e. The van der Waals surface area contributed by atoms with E-state index < -0.39 is 0 Å². The molecule has 0 N–H and O–H groups in total. The van der Waals surface area contributed by atoms with E-state index in [0.29, 0.717) is 6.04 Å². The first-order valence-electron chi connectivity index (χ1n) is 6.27. The van der Waals surface area contributed by atoms with Gasteiger partial charge in [-0.3, -0.25) is 0 Å². The van der Waals surface area contributed by atoms with Crippen LogP contribution in [-0.4, -0.2) is 11.4 Å². The van der Waals surface area contributed by atoms with E-state index in [0.717, 1.165) is 11.8 Å². The molecule has 1 nitrogen and oxygen atoms in total. The van der Waals surface area contributed by atoms with Crippen molar-refractivity contribution in [3.63, 3.8) is 0 Å². The molecule has 0 aliphatic carbocycles. The van der Waals surface area contributed by atoms with Crippen molar-refractivity contribution in [3.05, 3.63) is 41.1 Å². The van der Waals surface area contributed by atoms with Crippen LogP contribution in [0.5, 0.6) is 0 Å². The summed E-state index contributed by atoms with van der Waals surface area (Å²) in [5.41, 5.74) is 5.79. The molecule has 0 amide bonds. The summed E-state index contributed by atoms with van der Waals surface area (Å²) in [6, 6.07) is 9.29. The number of hydrogen-bond donors (Lipinski definition) is 0. The monoisotopic (exact) mass is 293 g/mol. The molecule has 0 atom stereocenters. The van der Waals surface area contributed by atoms with Gasteiger partial charge < -0.3 is 4.90 Å². The Hall–Kier alpha value is -0.760. The van der Waals surface area contributed by atoms with E-state index in [1.807, 2.05) is 0 Å². The van der Waals surface area contributed by atoms with Gasteiger partial charge in [0.15, 0.2) is 0 Å². The second-order valence-corrected chi connectivity index (χ2v) is 5.51. The number of benzene rings is 1. The zero-order valence-corrected chi connectivity index (χ0v) is 12.4. The van der Waals surface area contributed by atoms with E-state index in [4.69, 9.17) is 0 Å². The average Bonchev–Trinajstić information content (AvgIpc) is 2.46. The van der Waals surface area contributed by atoms with Gasteiger partial charge in [-0.15, -0.1) is 0 Å². The minimum absolute atomic E-state index is 0.497. The van der Waals surface area contributed by atoms with E-state index in [2.05, 4.69) is 65.9 Å². The van der Waals surface area contributed by atoms with Crippen LogP contribution in [0.1, 0.15) is 32.8 Å². The Balaban J connectivity index is 2.55. The molecule has 1 aliphatic heterocycles. The highest BCUT2D eigenvalue weighted by molar-refractivity contribution is 9.09. The van der Waals surface area contributed by atoms with Gasteiger partial charge in [0.1, 0.15) is 0 Å². The van der Waals surface area contributed by atoms with Crippen LogP contribution in [0, 0.1) is 0 Å². The summed E-state index contributed by atoms with van der Waals surface area (Å²) < 4.78 is 0. The van der Waals surface area contributed by atoms with Crippen LogP contribution in [0.25, 0.3) is 0 Å². The van der Waals surface area contributed by atoms with Gasteiger partial charge in [0.25, 0.3) is 0 Å². The zero-order valence-electron chi connectivity index (χ0n) is 10.8. The molecule has 17 heavy (non-hydrogen) atoms. The Kier molecular flexibility index (Phi) is 3.93. The summed E-state index contributed by atoms with van der Waals surface area (Å²) in [5.74, 6) is 0. The van der Waals surface area contributed by atoms with Crippen molar-refractivity contribution in [2.75, 3.05) is 10.2 Å². The molecule has 1 heterocycles. The lowest BCUT2D eigenvalue weighted by Crippen LogP contribution is -2.31. The number of fused-ring (bicyclic) bond motifs is 1. The molecule has 0 spiro atoms. The first-order valence-corrected chi connectivity index (χ1v) is 7.39. The molecule has 1 aromatic carbocycles. The van der Waals surface area contributed by atoms with Crippen LogP contribution < -0.4 is 4.90 Å². The van der Waals surface area contributed by atoms with Crippen LogP contribution in [0.15, 0.2) is 35.5 Å². The normalized spacial score (nSPS) is 16.2. The molecule has 2 rings (SSSR count). The van der Waals surface area contributed by atoms with Gasteiger partial charge in [0.05, 0.1) is 0 Å². The summed E-state index contributed by atoms with van der Waals surface area (Å²) in [5, 5.41) is 0.936. The van der Waals surface area contributed by atoms with Crippen molar-refractivity contribution in [1.82, 2.24) is 0 Å².